The number of hydrogen-bond acceptors (Lipinski definition) is 4. The molecule has 2 N–H and O–H groups in total. The van der Waals surface area contributed by atoms with E-state index < -0.39 is 5.97 Å². The molecular formula is C17H28N2O3. The average molecular weight is 308 g/mol. The lowest BCUT2D eigenvalue weighted by atomic mass is 10.1. The summed E-state index contributed by atoms with van der Waals surface area (Å²) in [6, 6.07) is 6.09. The fourth-order valence-electron chi connectivity index (χ4n) is 2.14. The van der Waals surface area contributed by atoms with Gasteiger partial charge in [-0.05, 0) is 37.1 Å². The van der Waals surface area contributed by atoms with Crippen LogP contribution >= 0.6 is 0 Å². The Morgan fingerprint density at radius 1 is 1.41 bits per heavy atom. The van der Waals surface area contributed by atoms with Gasteiger partial charge in [0.25, 0.3) is 0 Å². The van der Waals surface area contributed by atoms with E-state index in [1.165, 1.54) is 5.56 Å². The summed E-state index contributed by atoms with van der Waals surface area (Å²) in [6.07, 6.45) is 0.111. The second-order valence-electron chi connectivity index (χ2n) is 5.83. The summed E-state index contributed by atoms with van der Waals surface area (Å²) in [7, 11) is 1.89. The van der Waals surface area contributed by atoms with Crippen molar-refractivity contribution < 1.29 is 14.6 Å². The number of rotatable bonds is 10. The first-order valence-corrected chi connectivity index (χ1v) is 7.83. The number of anilines is 1. The van der Waals surface area contributed by atoms with Gasteiger partial charge in [-0.2, -0.15) is 0 Å². The lowest BCUT2D eigenvalue weighted by Gasteiger charge is -2.22. The molecule has 22 heavy (non-hydrogen) atoms. The Morgan fingerprint density at radius 3 is 2.73 bits per heavy atom. The molecule has 0 radical (unpaired) electrons. The molecule has 0 saturated heterocycles. The molecule has 0 spiro atoms. The molecule has 0 amide bonds. The van der Waals surface area contributed by atoms with Crippen LogP contribution in [-0.4, -0.2) is 37.8 Å². The van der Waals surface area contributed by atoms with E-state index in [4.69, 9.17) is 9.84 Å². The Labute approximate surface area is 133 Å². The zero-order chi connectivity index (χ0) is 16.5. The van der Waals surface area contributed by atoms with E-state index in [1.807, 2.05) is 31.0 Å². The molecule has 0 unspecified atom stereocenters. The summed E-state index contributed by atoms with van der Waals surface area (Å²) in [6.45, 7) is 9.13. The van der Waals surface area contributed by atoms with Crippen molar-refractivity contribution in [1.29, 1.82) is 0 Å². The topological polar surface area (TPSA) is 61.8 Å². The van der Waals surface area contributed by atoms with E-state index in [-0.39, 0.29) is 6.42 Å². The minimum atomic E-state index is -0.792. The van der Waals surface area contributed by atoms with Crippen LogP contribution < -0.4 is 15.0 Å². The Kier molecular flexibility index (Phi) is 7.74. The summed E-state index contributed by atoms with van der Waals surface area (Å²) in [5, 5.41) is 12.2. The van der Waals surface area contributed by atoms with Crippen LogP contribution in [0.25, 0.3) is 0 Å². The van der Waals surface area contributed by atoms with E-state index >= 15 is 0 Å². The first-order valence-electron chi connectivity index (χ1n) is 7.83. The van der Waals surface area contributed by atoms with Gasteiger partial charge in [0.15, 0.2) is 0 Å². The van der Waals surface area contributed by atoms with Gasteiger partial charge in [-0.3, -0.25) is 4.79 Å². The van der Waals surface area contributed by atoms with Crippen LogP contribution in [0.4, 0.5) is 5.69 Å². The number of hydrogen-bond donors (Lipinski definition) is 2. The molecule has 124 valence electrons. The first kappa shape index (κ1) is 18.3. The van der Waals surface area contributed by atoms with Crippen LogP contribution in [0.2, 0.25) is 0 Å². The average Bonchev–Trinajstić information content (AvgIpc) is 2.45. The standard InChI is InChI=1S/C17H28N2O3/c1-5-22-16-10-14(12-18-11-13(2)3)6-7-15(16)19(4)9-8-17(20)21/h6-7,10,13,18H,5,8-9,11-12H2,1-4H3,(H,20,21). The van der Waals surface area contributed by atoms with Gasteiger partial charge >= 0.3 is 5.97 Å². The lowest BCUT2D eigenvalue weighted by molar-refractivity contribution is -0.136. The third-order valence-electron chi connectivity index (χ3n) is 3.28. The monoisotopic (exact) mass is 308 g/mol. The Hall–Kier alpha value is -1.75. The van der Waals surface area contributed by atoms with Gasteiger partial charge in [-0.25, -0.2) is 0 Å². The highest BCUT2D eigenvalue weighted by molar-refractivity contribution is 5.68. The molecule has 1 aromatic carbocycles. The zero-order valence-corrected chi connectivity index (χ0v) is 14.1. The normalized spacial score (nSPS) is 10.8. The molecule has 0 aliphatic rings. The predicted octanol–water partition coefficient (Wildman–Crippen LogP) is 2.74. The van der Waals surface area contributed by atoms with Crippen molar-refractivity contribution in [2.75, 3.05) is 31.6 Å². The van der Waals surface area contributed by atoms with Gasteiger partial charge in [0.1, 0.15) is 5.75 Å². The Balaban J connectivity index is 2.77. The number of ether oxygens (including phenoxy) is 1. The van der Waals surface area contributed by atoms with Crippen molar-refractivity contribution in [3.05, 3.63) is 23.8 Å². The maximum absolute atomic E-state index is 10.7. The molecule has 0 aromatic heterocycles. The van der Waals surface area contributed by atoms with Crippen molar-refractivity contribution in [1.82, 2.24) is 5.32 Å². The van der Waals surface area contributed by atoms with E-state index in [1.54, 1.807) is 0 Å². The molecule has 0 bridgehead atoms. The highest BCUT2D eigenvalue weighted by Gasteiger charge is 2.11. The predicted molar refractivity (Wildman–Crippen MR) is 89.7 cm³/mol. The van der Waals surface area contributed by atoms with Crippen LogP contribution in [-0.2, 0) is 11.3 Å². The lowest BCUT2D eigenvalue weighted by Crippen LogP contribution is -2.22. The molecule has 0 fully saturated rings. The summed E-state index contributed by atoms with van der Waals surface area (Å²) < 4.78 is 5.72. The molecule has 5 nitrogen and oxygen atoms in total. The SMILES string of the molecule is CCOc1cc(CNCC(C)C)ccc1N(C)CCC(=O)O. The zero-order valence-electron chi connectivity index (χ0n) is 14.1. The molecule has 0 aliphatic heterocycles. The van der Waals surface area contributed by atoms with Crippen molar-refractivity contribution in [2.24, 2.45) is 5.92 Å². The quantitative estimate of drug-likeness (QED) is 0.696. The van der Waals surface area contributed by atoms with Crippen molar-refractivity contribution in [3.8, 4) is 5.75 Å². The van der Waals surface area contributed by atoms with Gasteiger partial charge in [-0.15, -0.1) is 0 Å². The van der Waals surface area contributed by atoms with Gasteiger partial charge in [0.2, 0.25) is 0 Å². The fourth-order valence-corrected chi connectivity index (χ4v) is 2.14. The molecule has 0 heterocycles. The highest BCUT2D eigenvalue weighted by Crippen LogP contribution is 2.29. The van der Waals surface area contributed by atoms with E-state index in [0.717, 1.165) is 24.5 Å². The van der Waals surface area contributed by atoms with Gasteiger partial charge in [0.05, 0.1) is 18.7 Å². The molecule has 0 aliphatic carbocycles. The number of carboxylic acids is 1. The number of nitrogens with zero attached hydrogens (tertiary/aromatic N) is 1. The largest absolute Gasteiger partial charge is 0.492 e. The molecule has 1 aromatic rings. The minimum absolute atomic E-state index is 0.111. The Bertz CT molecular complexity index is 475. The van der Waals surface area contributed by atoms with Crippen LogP contribution in [0.3, 0.4) is 0 Å². The second-order valence-corrected chi connectivity index (χ2v) is 5.83. The number of nitrogens with one attached hydrogen (secondary N) is 1. The van der Waals surface area contributed by atoms with Crippen LogP contribution in [0.15, 0.2) is 18.2 Å². The molecule has 0 atom stereocenters. The number of aliphatic carboxylic acids is 1. The number of benzene rings is 1. The van der Waals surface area contributed by atoms with E-state index in [2.05, 4.69) is 25.2 Å². The molecule has 0 saturated carbocycles. The van der Waals surface area contributed by atoms with Crippen LogP contribution in [0, 0.1) is 5.92 Å². The van der Waals surface area contributed by atoms with Crippen molar-refractivity contribution in [2.45, 2.75) is 33.7 Å². The minimum Gasteiger partial charge on any atom is -0.492 e. The van der Waals surface area contributed by atoms with Gasteiger partial charge in [0, 0.05) is 20.1 Å². The van der Waals surface area contributed by atoms with Crippen LogP contribution in [0.1, 0.15) is 32.8 Å². The maximum Gasteiger partial charge on any atom is 0.305 e. The fraction of sp³-hybridized carbons (Fsp3) is 0.588. The van der Waals surface area contributed by atoms with Gasteiger partial charge < -0.3 is 20.1 Å². The third kappa shape index (κ3) is 6.35. The van der Waals surface area contributed by atoms with Crippen molar-refractivity contribution >= 4 is 11.7 Å². The second kappa shape index (κ2) is 9.30. The Morgan fingerprint density at radius 2 is 2.14 bits per heavy atom. The molecular weight excluding hydrogens is 280 g/mol. The van der Waals surface area contributed by atoms with E-state index in [0.29, 0.717) is 19.1 Å². The number of carbonyl (C=O) groups is 1. The summed E-state index contributed by atoms with van der Waals surface area (Å²) >= 11 is 0. The summed E-state index contributed by atoms with van der Waals surface area (Å²) in [4.78, 5) is 12.6. The van der Waals surface area contributed by atoms with E-state index in [9.17, 15) is 4.79 Å². The summed E-state index contributed by atoms with van der Waals surface area (Å²) in [5.74, 6) is 0.631. The smallest absolute Gasteiger partial charge is 0.305 e. The highest BCUT2D eigenvalue weighted by atomic mass is 16.5. The molecule has 5 heteroatoms. The van der Waals surface area contributed by atoms with Crippen molar-refractivity contribution in [3.63, 3.8) is 0 Å². The first-order chi connectivity index (χ1) is 10.4. The molecule has 1 rings (SSSR count). The number of carboxylic acid groups (broad SMARTS) is 1. The maximum atomic E-state index is 10.7. The van der Waals surface area contributed by atoms with Gasteiger partial charge in [-0.1, -0.05) is 19.9 Å². The van der Waals surface area contributed by atoms with Crippen LogP contribution in [0.5, 0.6) is 5.75 Å². The third-order valence-corrected chi connectivity index (χ3v) is 3.28. The summed E-state index contributed by atoms with van der Waals surface area (Å²) in [5.41, 5.74) is 2.09.